The van der Waals surface area contributed by atoms with Crippen molar-refractivity contribution in [2.75, 3.05) is 20.0 Å². The van der Waals surface area contributed by atoms with Crippen LogP contribution in [0.5, 0.6) is 0 Å². The van der Waals surface area contributed by atoms with Crippen molar-refractivity contribution in [2.45, 2.75) is 13.0 Å². The van der Waals surface area contributed by atoms with Crippen molar-refractivity contribution in [3.8, 4) is 0 Å². The maximum absolute atomic E-state index is 13.6. The van der Waals surface area contributed by atoms with Gasteiger partial charge in [-0.3, -0.25) is 4.79 Å². The molecule has 1 aromatic carbocycles. The maximum Gasteiger partial charge on any atom is 0.348 e. The molecule has 0 unspecified atom stereocenters. The van der Waals surface area contributed by atoms with E-state index in [-0.39, 0.29) is 33.0 Å². The van der Waals surface area contributed by atoms with Gasteiger partial charge in [-0.25, -0.2) is 14.0 Å². The van der Waals surface area contributed by atoms with Gasteiger partial charge in [-0.05, 0) is 11.6 Å². The number of ether oxygens (including phenoxy) is 3. The minimum atomic E-state index is -0.769. The average Bonchev–Trinajstić information content (AvgIpc) is 2.97. The molecule has 9 heteroatoms. The molecule has 0 atom stereocenters. The highest BCUT2D eigenvalue weighted by atomic mass is 32.1. The first-order chi connectivity index (χ1) is 12.4. The van der Waals surface area contributed by atoms with E-state index in [1.165, 1.54) is 25.3 Å². The third-order valence-corrected chi connectivity index (χ3v) is 4.51. The number of esters is 3. The fourth-order valence-corrected chi connectivity index (χ4v) is 3.19. The summed E-state index contributed by atoms with van der Waals surface area (Å²) >= 11 is 0.827. The van der Waals surface area contributed by atoms with Gasteiger partial charge < -0.3 is 19.9 Å². The Morgan fingerprint density at radius 2 is 1.77 bits per heavy atom. The van der Waals surface area contributed by atoms with Crippen LogP contribution in [0.15, 0.2) is 24.3 Å². The molecular formula is C17H16FNO6S. The number of carbonyl (C=O) groups is 3. The summed E-state index contributed by atoms with van der Waals surface area (Å²) in [6.45, 7) is -0.407. The van der Waals surface area contributed by atoms with Crippen LogP contribution in [0.4, 0.5) is 9.39 Å². The van der Waals surface area contributed by atoms with Crippen molar-refractivity contribution < 1.29 is 33.0 Å². The monoisotopic (exact) mass is 381 g/mol. The molecule has 2 aromatic rings. The van der Waals surface area contributed by atoms with Crippen LogP contribution in [0.25, 0.3) is 0 Å². The van der Waals surface area contributed by atoms with Crippen molar-refractivity contribution in [2.24, 2.45) is 0 Å². The molecule has 7 nitrogen and oxygen atoms in total. The molecule has 0 aliphatic carbocycles. The number of rotatable bonds is 6. The van der Waals surface area contributed by atoms with Crippen molar-refractivity contribution in [3.05, 3.63) is 51.7 Å². The van der Waals surface area contributed by atoms with E-state index in [1.807, 2.05) is 0 Å². The van der Waals surface area contributed by atoms with Crippen molar-refractivity contribution in [1.29, 1.82) is 0 Å². The molecule has 1 heterocycles. The second kappa shape index (κ2) is 8.43. The minimum absolute atomic E-state index is 0.0316. The van der Waals surface area contributed by atoms with Gasteiger partial charge in [-0.2, -0.15) is 0 Å². The number of hydrogen-bond donors (Lipinski definition) is 1. The van der Waals surface area contributed by atoms with Crippen LogP contribution in [0, 0.1) is 5.82 Å². The highest BCUT2D eigenvalue weighted by molar-refractivity contribution is 7.18. The van der Waals surface area contributed by atoms with E-state index in [4.69, 9.17) is 10.5 Å². The normalized spacial score (nSPS) is 10.3. The number of carbonyl (C=O) groups excluding carboxylic acids is 3. The van der Waals surface area contributed by atoms with Crippen LogP contribution in [0.3, 0.4) is 0 Å². The SMILES string of the molecule is COC(=O)c1sc(N)c(C(=O)OC)c1COC(=O)Cc1ccccc1F. The van der Waals surface area contributed by atoms with Gasteiger partial charge in [0.05, 0.1) is 20.6 Å². The third kappa shape index (κ3) is 4.17. The number of hydrogen-bond acceptors (Lipinski definition) is 8. The molecule has 0 aliphatic heterocycles. The zero-order valence-corrected chi connectivity index (χ0v) is 14.9. The Hall–Kier alpha value is -2.94. The number of anilines is 1. The molecule has 0 spiro atoms. The zero-order chi connectivity index (χ0) is 19.3. The standard InChI is InChI=1S/C17H16FNO6S/c1-23-16(21)13-10(14(17(22)24-2)26-15(13)19)8-25-12(20)7-9-5-3-4-6-11(9)18/h3-6H,7-8,19H2,1-2H3. The molecule has 0 amide bonds. The highest BCUT2D eigenvalue weighted by Gasteiger charge is 2.28. The predicted octanol–water partition coefficient (Wildman–Crippen LogP) is 2.33. The fraction of sp³-hybridized carbons (Fsp3) is 0.235. The number of halogens is 1. The quantitative estimate of drug-likeness (QED) is 0.605. The number of benzene rings is 1. The molecule has 0 radical (unpaired) electrons. The van der Waals surface area contributed by atoms with Gasteiger partial charge >= 0.3 is 17.9 Å². The summed E-state index contributed by atoms with van der Waals surface area (Å²) in [5, 5.41) is 0.0393. The lowest BCUT2D eigenvalue weighted by molar-refractivity contribution is -0.144. The first-order valence-electron chi connectivity index (χ1n) is 7.35. The molecule has 138 valence electrons. The smallest absolute Gasteiger partial charge is 0.348 e. The van der Waals surface area contributed by atoms with Crippen LogP contribution in [0.2, 0.25) is 0 Å². The first-order valence-corrected chi connectivity index (χ1v) is 8.17. The van der Waals surface area contributed by atoms with E-state index in [2.05, 4.69) is 9.47 Å². The lowest BCUT2D eigenvalue weighted by Crippen LogP contribution is -2.14. The van der Waals surface area contributed by atoms with Gasteiger partial charge in [-0.15, -0.1) is 11.3 Å². The van der Waals surface area contributed by atoms with E-state index in [0.717, 1.165) is 18.4 Å². The molecular weight excluding hydrogens is 365 g/mol. The molecule has 0 bridgehead atoms. The van der Waals surface area contributed by atoms with Crippen molar-refractivity contribution in [3.63, 3.8) is 0 Å². The van der Waals surface area contributed by atoms with E-state index >= 15 is 0 Å². The van der Waals surface area contributed by atoms with Gasteiger partial charge in [-0.1, -0.05) is 18.2 Å². The molecule has 26 heavy (non-hydrogen) atoms. The Labute approximate surface area is 152 Å². The zero-order valence-electron chi connectivity index (χ0n) is 14.0. The van der Waals surface area contributed by atoms with E-state index in [0.29, 0.717) is 0 Å². The summed E-state index contributed by atoms with van der Waals surface area (Å²) in [5.41, 5.74) is 5.98. The molecule has 2 rings (SSSR count). The largest absolute Gasteiger partial charge is 0.465 e. The number of nitrogens with two attached hydrogens (primary N) is 1. The molecule has 0 aliphatic rings. The summed E-state index contributed by atoms with van der Waals surface area (Å²) in [5.74, 6) is -2.76. The Balaban J connectivity index is 2.22. The predicted molar refractivity (Wildman–Crippen MR) is 91.3 cm³/mol. The number of methoxy groups -OCH3 is 2. The van der Waals surface area contributed by atoms with Crippen LogP contribution in [-0.4, -0.2) is 32.1 Å². The summed E-state index contributed by atoms with van der Waals surface area (Å²) < 4.78 is 28.0. The van der Waals surface area contributed by atoms with Gasteiger partial charge in [0.1, 0.15) is 27.9 Å². The number of thiophene rings is 1. The second-order valence-electron chi connectivity index (χ2n) is 5.06. The lowest BCUT2D eigenvalue weighted by Gasteiger charge is -2.08. The Bertz CT molecular complexity index is 848. The highest BCUT2D eigenvalue weighted by Crippen LogP contribution is 2.33. The summed E-state index contributed by atoms with van der Waals surface area (Å²) in [6, 6.07) is 5.78. The van der Waals surface area contributed by atoms with Crippen molar-refractivity contribution in [1.82, 2.24) is 0 Å². The summed E-state index contributed by atoms with van der Waals surface area (Å²) in [6.07, 6.45) is -0.298. The van der Waals surface area contributed by atoms with Crippen LogP contribution < -0.4 is 5.73 Å². The molecule has 1 aromatic heterocycles. The Morgan fingerprint density at radius 3 is 2.38 bits per heavy atom. The average molecular weight is 381 g/mol. The van der Waals surface area contributed by atoms with Gasteiger partial charge in [0.25, 0.3) is 0 Å². The first kappa shape index (κ1) is 19.4. The number of nitrogen functional groups attached to an aromatic ring is 1. The second-order valence-corrected chi connectivity index (χ2v) is 6.11. The fourth-order valence-electron chi connectivity index (χ4n) is 2.21. The lowest BCUT2D eigenvalue weighted by atomic mass is 10.1. The molecule has 0 fully saturated rings. The molecule has 0 saturated heterocycles. The van der Waals surface area contributed by atoms with Crippen LogP contribution in [-0.2, 0) is 32.0 Å². The Kier molecular flexibility index (Phi) is 6.29. The van der Waals surface area contributed by atoms with E-state index in [9.17, 15) is 18.8 Å². The van der Waals surface area contributed by atoms with E-state index < -0.39 is 30.3 Å². The molecule has 0 saturated carbocycles. The summed E-state index contributed by atoms with van der Waals surface area (Å²) in [7, 11) is 2.33. The maximum atomic E-state index is 13.6. The van der Waals surface area contributed by atoms with Gasteiger partial charge in [0, 0.05) is 5.56 Å². The Morgan fingerprint density at radius 1 is 1.12 bits per heavy atom. The molecule has 2 N–H and O–H groups in total. The topological polar surface area (TPSA) is 105 Å². The van der Waals surface area contributed by atoms with Crippen LogP contribution >= 0.6 is 11.3 Å². The third-order valence-electron chi connectivity index (χ3n) is 3.46. The minimum Gasteiger partial charge on any atom is -0.465 e. The summed E-state index contributed by atoms with van der Waals surface area (Å²) in [4.78, 5) is 35.8. The van der Waals surface area contributed by atoms with Crippen LogP contribution in [0.1, 0.15) is 31.2 Å². The van der Waals surface area contributed by atoms with Crippen molar-refractivity contribution >= 4 is 34.2 Å². The van der Waals surface area contributed by atoms with E-state index in [1.54, 1.807) is 6.07 Å². The van der Waals surface area contributed by atoms with Gasteiger partial charge in [0.15, 0.2) is 0 Å². The van der Waals surface area contributed by atoms with Gasteiger partial charge in [0.2, 0.25) is 0 Å².